The maximum absolute atomic E-state index is 13.9. The Balaban J connectivity index is 1.82. The number of nitrogens with zero attached hydrogens (tertiary/aromatic N) is 3. The van der Waals surface area contributed by atoms with E-state index in [1.165, 1.54) is 22.5 Å². The first-order chi connectivity index (χ1) is 14.8. The van der Waals surface area contributed by atoms with Crippen molar-refractivity contribution < 1.29 is 22.3 Å². The molecule has 1 aromatic heterocycles. The molecule has 1 aromatic carbocycles. The second-order valence-electron chi connectivity index (χ2n) is 6.91. The molecule has 0 spiro atoms. The van der Waals surface area contributed by atoms with Crippen molar-refractivity contribution in [3.63, 3.8) is 0 Å². The van der Waals surface area contributed by atoms with Gasteiger partial charge in [0.25, 0.3) is 0 Å². The smallest absolute Gasteiger partial charge is 0.302 e. The summed E-state index contributed by atoms with van der Waals surface area (Å²) in [7, 11) is -3.83. The zero-order chi connectivity index (χ0) is 22.4. The van der Waals surface area contributed by atoms with Crippen LogP contribution in [0.25, 0.3) is 0 Å². The van der Waals surface area contributed by atoms with E-state index < -0.39 is 21.8 Å². The van der Waals surface area contributed by atoms with Gasteiger partial charge in [-0.3, -0.25) is 4.72 Å². The van der Waals surface area contributed by atoms with Crippen molar-refractivity contribution in [2.75, 3.05) is 42.8 Å². The number of aromatic nitrogens is 2. The fourth-order valence-corrected chi connectivity index (χ4v) is 4.79. The van der Waals surface area contributed by atoms with Gasteiger partial charge < -0.3 is 15.7 Å². The fraction of sp³-hybridized carbons (Fsp3) is 0.444. The molecule has 3 rings (SSSR count). The van der Waals surface area contributed by atoms with E-state index in [4.69, 9.17) is 0 Å². The Morgan fingerprint density at radius 3 is 2.68 bits per heavy atom. The standard InChI is InChI=1S/C18H24F2N6O3S2/c1-12(10-27)22-15-9-16(25-31(28,29)26-7-5-21-6-8-26)24-18(23-15)30-11-13-3-2-4-14(19)17(13)20/h2-4,9,12,21,27H,5-8,10-11H2,1H3,(H2,22,23,24,25)/t12-/m1/s1. The first kappa shape index (κ1) is 23.6. The minimum absolute atomic E-state index is 0.0309. The topological polar surface area (TPSA) is 119 Å². The quantitative estimate of drug-likeness (QED) is 0.318. The lowest BCUT2D eigenvalue weighted by atomic mass is 10.2. The molecule has 170 valence electrons. The molecular weight excluding hydrogens is 450 g/mol. The van der Waals surface area contributed by atoms with E-state index in [9.17, 15) is 22.3 Å². The number of rotatable bonds is 9. The van der Waals surface area contributed by atoms with E-state index in [0.717, 1.165) is 17.8 Å². The van der Waals surface area contributed by atoms with Gasteiger partial charge in [0.1, 0.15) is 11.6 Å². The van der Waals surface area contributed by atoms with Crippen molar-refractivity contribution in [3.05, 3.63) is 41.5 Å². The number of aliphatic hydroxyl groups is 1. The van der Waals surface area contributed by atoms with Gasteiger partial charge in [-0.2, -0.15) is 12.7 Å². The average molecular weight is 475 g/mol. The maximum Gasteiger partial charge on any atom is 0.302 e. The second-order valence-corrected chi connectivity index (χ2v) is 9.52. The second kappa shape index (κ2) is 10.5. The van der Waals surface area contributed by atoms with Crippen molar-refractivity contribution >= 4 is 33.6 Å². The SMILES string of the molecule is C[C@H](CO)Nc1cc(NS(=O)(=O)N2CCNCC2)nc(SCc2cccc(F)c2F)n1. The van der Waals surface area contributed by atoms with Gasteiger partial charge in [-0.05, 0) is 13.0 Å². The van der Waals surface area contributed by atoms with Crippen LogP contribution in [-0.4, -0.2) is 66.6 Å². The molecule has 31 heavy (non-hydrogen) atoms. The Morgan fingerprint density at radius 2 is 1.97 bits per heavy atom. The molecule has 2 heterocycles. The summed E-state index contributed by atoms with van der Waals surface area (Å²) >= 11 is 1.03. The number of anilines is 2. The lowest BCUT2D eigenvalue weighted by Gasteiger charge is -2.26. The third-order valence-corrected chi connectivity index (χ3v) is 6.82. The number of aliphatic hydroxyl groups excluding tert-OH is 1. The zero-order valence-corrected chi connectivity index (χ0v) is 18.4. The van der Waals surface area contributed by atoms with Gasteiger partial charge in [-0.15, -0.1) is 0 Å². The fourth-order valence-electron chi connectivity index (χ4n) is 2.80. The molecule has 0 unspecified atom stereocenters. The first-order valence-electron chi connectivity index (χ1n) is 9.59. The largest absolute Gasteiger partial charge is 0.394 e. The normalized spacial score (nSPS) is 16.1. The third-order valence-electron chi connectivity index (χ3n) is 4.41. The van der Waals surface area contributed by atoms with E-state index >= 15 is 0 Å². The van der Waals surface area contributed by atoms with Crippen LogP contribution in [0.1, 0.15) is 12.5 Å². The van der Waals surface area contributed by atoms with Crippen LogP contribution in [0.2, 0.25) is 0 Å². The molecule has 1 atom stereocenters. The number of benzene rings is 1. The highest BCUT2D eigenvalue weighted by molar-refractivity contribution is 7.98. The summed E-state index contributed by atoms with van der Waals surface area (Å²) in [6.45, 7) is 3.31. The van der Waals surface area contributed by atoms with Gasteiger partial charge in [-0.1, -0.05) is 23.9 Å². The van der Waals surface area contributed by atoms with E-state index in [2.05, 4.69) is 25.3 Å². The molecule has 0 bridgehead atoms. The van der Waals surface area contributed by atoms with Gasteiger partial charge in [0, 0.05) is 49.6 Å². The van der Waals surface area contributed by atoms with Crippen molar-refractivity contribution in [2.24, 2.45) is 0 Å². The van der Waals surface area contributed by atoms with E-state index in [-0.39, 0.29) is 40.8 Å². The molecule has 1 aliphatic rings. The van der Waals surface area contributed by atoms with Crippen molar-refractivity contribution in [2.45, 2.75) is 23.9 Å². The molecule has 2 aromatic rings. The van der Waals surface area contributed by atoms with Crippen LogP contribution < -0.4 is 15.4 Å². The molecule has 0 aliphatic carbocycles. The molecular formula is C18H24F2N6O3S2. The van der Waals surface area contributed by atoms with Gasteiger partial charge in [0.2, 0.25) is 0 Å². The van der Waals surface area contributed by atoms with Gasteiger partial charge >= 0.3 is 10.2 Å². The molecule has 1 fully saturated rings. The van der Waals surface area contributed by atoms with Crippen molar-refractivity contribution in [3.8, 4) is 0 Å². The minimum atomic E-state index is -3.83. The predicted molar refractivity (Wildman–Crippen MR) is 115 cm³/mol. The monoisotopic (exact) mass is 474 g/mol. The number of piperazine rings is 1. The Kier molecular flexibility index (Phi) is 8.00. The minimum Gasteiger partial charge on any atom is -0.394 e. The van der Waals surface area contributed by atoms with Crippen LogP contribution in [0, 0.1) is 11.6 Å². The first-order valence-corrected chi connectivity index (χ1v) is 12.0. The molecule has 4 N–H and O–H groups in total. The summed E-state index contributed by atoms with van der Waals surface area (Å²) < 4.78 is 56.5. The average Bonchev–Trinajstić information content (AvgIpc) is 2.75. The predicted octanol–water partition coefficient (Wildman–Crippen LogP) is 1.40. The summed E-state index contributed by atoms with van der Waals surface area (Å²) in [5, 5.41) is 15.5. The van der Waals surface area contributed by atoms with Gasteiger partial charge in [0.15, 0.2) is 16.8 Å². The van der Waals surface area contributed by atoms with Crippen molar-refractivity contribution in [1.29, 1.82) is 0 Å². The van der Waals surface area contributed by atoms with Crippen LogP contribution >= 0.6 is 11.8 Å². The number of halogens is 2. The molecule has 1 saturated heterocycles. The maximum atomic E-state index is 13.9. The van der Waals surface area contributed by atoms with Crippen LogP contribution in [0.3, 0.4) is 0 Å². The number of nitrogens with one attached hydrogen (secondary N) is 3. The number of hydrogen-bond donors (Lipinski definition) is 4. The Labute approximate surface area is 183 Å². The summed E-state index contributed by atoms with van der Waals surface area (Å²) in [5.74, 6) is -1.53. The van der Waals surface area contributed by atoms with Crippen LogP contribution in [0.15, 0.2) is 29.4 Å². The lowest BCUT2D eigenvalue weighted by molar-refractivity contribution is 0.281. The van der Waals surface area contributed by atoms with E-state index in [1.807, 2.05) is 0 Å². The summed E-state index contributed by atoms with van der Waals surface area (Å²) in [6.07, 6.45) is 0. The van der Waals surface area contributed by atoms with Crippen LogP contribution in [0.4, 0.5) is 20.4 Å². The van der Waals surface area contributed by atoms with Crippen LogP contribution in [0.5, 0.6) is 0 Å². The summed E-state index contributed by atoms with van der Waals surface area (Å²) in [6, 6.07) is 4.96. The van der Waals surface area contributed by atoms with Crippen LogP contribution in [-0.2, 0) is 16.0 Å². The third kappa shape index (κ3) is 6.46. The van der Waals surface area contributed by atoms with E-state index in [0.29, 0.717) is 26.2 Å². The highest BCUT2D eigenvalue weighted by Crippen LogP contribution is 2.26. The lowest BCUT2D eigenvalue weighted by Crippen LogP contribution is -2.48. The highest BCUT2D eigenvalue weighted by Gasteiger charge is 2.24. The Hall–Kier alpha value is -2.06. The molecule has 9 nitrogen and oxygen atoms in total. The summed E-state index contributed by atoms with van der Waals surface area (Å²) in [4.78, 5) is 8.50. The summed E-state index contributed by atoms with van der Waals surface area (Å²) in [5.41, 5.74) is 0.138. The highest BCUT2D eigenvalue weighted by atomic mass is 32.2. The molecule has 0 radical (unpaired) electrons. The van der Waals surface area contributed by atoms with Gasteiger partial charge in [0.05, 0.1) is 6.61 Å². The Morgan fingerprint density at radius 1 is 1.26 bits per heavy atom. The van der Waals surface area contributed by atoms with Gasteiger partial charge in [-0.25, -0.2) is 18.7 Å². The number of thioether (sulfide) groups is 1. The zero-order valence-electron chi connectivity index (χ0n) is 16.8. The Bertz CT molecular complexity index is 1010. The van der Waals surface area contributed by atoms with Crippen molar-refractivity contribution in [1.82, 2.24) is 19.6 Å². The molecule has 0 saturated carbocycles. The molecule has 0 amide bonds. The van der Waals surface area contributed by atoms with E-state index in [1.54, 1.807) is 6.92 Å². The molecule has 1 aliphatic heterocycles. The molecule has 13 heteroatoms. The number of hydrogen-bond acceptors (Lipinski definition) is 8.